The van der Waals surface area contributed by atoms with Crippen LogP contribution in [0.15, 0.2) is 47.2 Å². The summed E-state index contributed by atoms with van der Waals surface area (Å²) in [4.78, 5) is 19.9. The molecule has 0 aliphatic rings. The zero-order valence-corrected chi connectivity index (χ0v) is 13.9. The summed E-state index contributed by atoms with van der Waals surface area (Å²) in [5.74, 6) is 0. The third-order valence-electron chi connectivity index (χ3n) is 3.34. The van der Waals surface area contributed by atoms with Crippen LogP contribution in [0, 0.1) is 20.2 Å². The number of H-pyrrole nitrogens is 2. The van der Waals surface area contributed by atoms with E-state index in [-0.39, 0.29) is 11.4 Å². The maximum Gasteiger partial charge on any atom is 0.270 e. The lowest BCUT2D eigenvalue weighted by Gasteiger charge is -1.90. The maximum absolute atomic E-state index is 10.4. The number of hydrogen-bond donors (Lipinski definition) is 2. The predicted octanol–water partition coefficient (Wildman–Crippen LogP) is 3.70. The van der Waals surface area contributed by atoms with Crippen LogP contribution >= 0.6 is 15.9 Å². The monoisotopic (exact) mass is 404 g/mol. The number of fused-ring (bicyclic) bond motifs is 2. The average Bonchev–Trinajstić information content (AvgIpc) is 3.21. The summed E-state index contributed by atoms with van der Waals surface area (Å²) >= 11 is 3.21. The Morgan fingerprint density at radius 1 is 0.960 bits per heavy atom. The van der Waals surface area contributed by atoms with Gasteiger partial charge in [-0.2, -0.15) is 10.2 Å². The number of aromatic amines is 2. The standard InChI is InChI=1S/C7H4BrN3O2.C7H5N3O2/c8-7-5-3-4(11(12)13)1-2-6(5)9-10-7;11-10(12)6-1-2-7-5(3-6)4-8-9-7/h1-3H,(H,9,10);1-4H,(H,8,9). The van der Waals surface area contributed by atoms with Crippen LogP contribution in [0.2, 0.25) is 0 Å². The van der Waals surface area contributed by atoms with E-state index in [1.165, 1.54) is 24.3 Å². The molecule has 126 valence electrons. The van der Waals surface area contributed by atoms with E-state index in [1.807, 2.05) is 0 Å². The summed E-state index contributed by atoms with van der Waals surface area (Å²) in [5.41, 5.74) is 1.66. The SMILES string of the molecule is O=[N+]([O-])c1ccc2[nH]ncc2c1.O=[N+]([O-])c1ccc2n[nH]c(Br)c2c1. The number of rotatable bonds is 2. The second-order valence-electron chi connectivity index (χ2n) is 4.89. The van der Waals surface area contributed by atoms with Crippen molar-refractivity contribution in [2.75, 3.05) is 0 Å². The molecule has 0 bridgehead atoms. The fourth-order valence-electron chi connectivity index (χ4n) is 2.12. The second-order valence-corrected chi connectivity index (χ2v) is 5.69. The van der Waals surface area contributed by atoms with Gasteiger partial charge in [-0.15, -0.1) is 0 Å². The molecule has 0 fully saturated rings. The molecule has 4 aromatic rings. The van der Waals surface area contributed by atoms with Crippen LogP contribution in [-0.2, 0) is 0 Å². The normalized spacial score (nSPS) is 10.4. The molecular formula is C14H9BrN6O4. The molecule has 25 heavy (non-hydrogen) atoms. The molecule has 0 saturated heterocycles. The van der Waals surface area contributed by atoms with E-state index in [2.05, 4.69) is 36.3 Å². The Bertz CT molecular complexity index is 1090. The van der Waals surface area contributed by atoms with Crippen LogP contribution < -0.4 is 0 Å². The van der Waals surface area contributed by atoms with Gasteiger partial charge in [0.15, 0.2) is 0 Å². The number of non-ortho nitro benzene ring substituents is 2. The van der Waals surface area contributed by atoms with Gasteiger partial charge < -0.3 is 0 Å². The molecule has 0 atom stereocenters. The van der Waals surface area contributed by atoms with Crippen LogP contribution in [0.4, 0.5) is 11.4 Å². The first-order valence-electron chi connectivity index (χ1n) is 6.81. The third-order valence-corrected chi connectivity index (χ3v) is 3.94. The van der Waals surface area contributed by atoms with Crippen molar-refractivity contribution >= 4 is 49.1 Å². The molecule has 11 heteroatoms. The quantitative estimate of drug-likeness (QED) is 0.384. The molecule has 0 aliphatic heterocycles. The first-order valence-corrected chi connectivity index (χ1v) is 7.60. The number of nitrogens with one attached hydrogen (secondary N) is 2. The number of halogens is 1. The molecule has 0 unspecified atom stereocenters. The van der Waals surface area contributed by atoms with E-state index in [9.17, 15) is 20.2 Å². The highest BCUT2D eigenvalue weighted by Gasteiger charge is 2.09. The molecule has 4 rings (SSSR count). The Hall–Kier alpha value is -3.34. The molecular weight excluding hydrogens is 396 g/mol. The minimum atomic E-state index is -0.432. The third kappa shape index (κ3) is 3.45. The van der Waals surface area contributed by atoms with E-state index in [0.717, 1.165) is 10.9 Å². The van der Waals surface area contributed by atoms with E-state index in [1.54, 1.807) is 18.3 Å². The summed E-state index contributed by atoms with van der Waals surface area (Å²) in [7, 11) is 0. The van der Waals surface area contributed by atoms with Gasteiger partial charge >= 0.3 is 0 Å². The number of hydrogen-bond acceptors (Lipinski definition) is 6. The highest BCUT2D eigenvalue weighted by Crippen LogP contribution is 2.24. The summed E-state index contributed by atoms with van der Waals surface area (Å²) in [6.45, 7) is 0. The molecule has 10 nitrogen and oxygen atoms in total. The van der Waals surface area contributed by atoms with Gasteiger partial charge in [-0.25, -0.2) is 0 Å². The lowest BCUT2D eigenvalue weighted by molar-refractivity contribution is -0.384. The van der Waals surface area contributed by atoms with E-state index < -0.39 is 9.85 Å². The minimum absolute atomic E-state index is 0.0644. The number of nitro groups is 2. The van der Waals surface area contributed by atoms with Crippen molar-refractivity contribution in [2.45, 2.75) is 0 Å². The summed E-state index contributed by atoms with van der Waals surface area (Å²) in [6, 6.07) is 9.08. The Balaban J connectivity index is 0.000000146. The van der Waals surface area contributed by atoms with Crippen LogP contribution in [0.3, 0.4) is 0 Å². The molecule has 2 aromatic heterocycles. The Morgan fingerprint density at radius 2 is 1.64 bits per heavy atom. The van der Waals surface area contributed by atoms with Gasteiger partial charge in [0.25, 0.3) is 11.4 Å². The van der Waals surface area contributed by atoms with Gasteiger partial charge in [-0.3, -0.25) is 30.4 Å². The fraction of sp³-hybridized carbons (Fsp3) is 0. The van der Waals surface area contributed by atoms with Crippen LogP contribution in [-0.4, -0.2) is 30.2 Å². The zero-order valence-electron chi connectivity index (χ0n) is 12.3. The van der Waals surface area contributed by atoms with Crippen molar-refractivity contribution in [1.82, 2.24) is 20.4 Å². The maximum atomic E-state index is 10.4. The van der Waals surface area contributed by atoms with E-state index >= 15 is 0 Å². The molecule has 0 amide bonds. The predicted molar refractivity (Wildman–Crippen MR) is 93.2 cm³/mol. The lowest BCUT2D eigenvalue weighted by Crippen LogP contribution is -1.86. The number of nitro benzene ring substituents is 2. The summed E-state index contributed by atoms with van der Waals surface area (Å²) < 4.78 is 0.659. The summed E-state index contributed by atoms with van der Waals surface area (Å²) in [5, 5.41) is 35.3. The summed E-state index contributed by atoms with van der Waals surface area (Å²) in [6.07, 6.45) is 1.56. The first-order chi connectivity index (χ1) is 12.0. The Morgan fingerprint density at radius 3 is 2.36 bits per heavy atom. The second kappa shape index (κ2) is 6.65. The van der Waals surface area contributed by atoms with Crippen LogP contribution in [0.25, 0.3) is 21.8 Å². The highest BCUT2D eigenvalue weighted by atomic mass is 79.9. The fourth-order valence-corrected chi connectivity index (χ4v) is 2.53. The van der Waals surface area contributed by atoms with Crippen molar-refractivity contribution in [3.8, 4) is 0 Å². The largest absolute Gasteiger partial charge is 0.278 e. The van der Waals surface area contributed by atoms with Gasteiger partial charge in [0.05, 0.1) is 27.1 Å². The van der Waals surface area contributed by atoms with Crippen LogP contribution in [0.1, 0.15) is 0 Å². The highest BCUT2D eigenvalue weighted by molar-refractivity contribution is 9.10. The lowest BCUT2D eigenvalue weighted by atomic mass is 10.2. The van der Waals surface area contributed by atoms with E-state index in [4.69, 9.17) is 0 Å². The number of nitrogens with zero attached hydrogens (tertiary/aromatic N) is 4. The van der Waals surface area contributed by atoms with Crippen molar-refractivity contribution in [3.05, 3.63) is 67.4 Å². The van der Waals surface area contributed by atoms with Crippen molar-refractivity contribution in [3.63, 3.8) is 0 Å². The van der Waals surface area contributed by atoms with Gasteiger partial charge in [-0.1, -0.05) is 0 Å². The molecule has 2 heterocycles. The smallest absolute Gasteiger partial charge is 0.270 e. The first kappa shape index (κ1) is 16.5. The van der Waals surface area contributed by atoms with Gasteiger partial charge in [0, 0.05) is 35.0 Å². The van der Waals surface area contributed by atoms with Crippen molar-refractivity contribution in [1.29, 1.82) is 0 Å². The molecule has 0 saturated carbocycles. The minimum Gasteiger partial charge on any atom is -0.278 e. The molecule has 0 radical (unpaired) electrons. The van der Waals surface area contributed by atoms with Crippen molar-refractivity contribution < 1.29 is 9.85 Å². The topological polar surface area (TPSA) is 144 Å². The average molecular weight is 405 g/mol. The van der Waals surface area contributed by atoms with Gasteiger partial charge in [0.1, 0.15) is 4.60 Å². The van der Waals surface area contributed by atoms with E-state index in [0.29, 0.717) is 15.5 Å². The Kier molecular flexibility index (Phi) is 4.39. The zero-order chi connectivity index (χ0) is 18.0. The van der Waals surface area contributed by atoms with Crippen molar-refractivity contribution in [2.24, 2.45) is 0 Å². The number of benzene rings is 2. The van der Waals surface area contributed by atoms with Gasteiger partial charge in [-0.05, 0) is 28.1 Å². The molecule has 2 aromatic carbocycles. The molecule has 2 N–H and O–H groups in total. The van der Waals surface area contributed by atoms with Gasteiger partial charge in [0.2, 0.25) is 0 Å². The molecule has 0 aliphatic carbocycles. The van der Waals surface area contributed by atoms with Crippen LogP contribution in [0.5, 0.6) is 0 Å². The number of aromatic nitrogens is 4. The Labute approximate surface area is 147 Å². The molecule has 0 spiro atoms.